The quantitative estimate of drug-likeness (QED) is 0.775. The molecule has 3 heteroatoms. The molecule has 0 spiro atoms. The lowest BCUT2D eigenvalue weighted by atomic mass is 10.0. The summed E-state index contributed by atoms with van der Waals surface area (Å²) in [6.45, 7) is 1.90. The van der Waals surface area contributed by atoms with E-state index >= 15 is 0 Å². The molecule has 1 atom stereocenters. The normalized spacial score (nSPS) is 30.6. The summed E-state index contributed by atoms with van der Waals surface area (Å²) in [5.74, 6) is 1.33. The van der Waals surface area contributed by atoms with Crippen molar-refractivity contribution in [2.75, 3.05) is 18.8 Å². The number of nitrogens with one attached hydrogen (secondary N) is 1. The van der Waals surface area contributed by atoms with Gasteiger partial charge in [-0.2, -0.15) is 11.8 Å². The van der Waals surface area contributed by atoms with Gasteiger partial charge in [-0.15, -0.1) is 0 Å². The first-order valence-corrected chi connectivity index (χ1v) is 7.38. The molecule has 0 aromatic carbocycles. The van der Waals surface area contributed by atoms with E-state index in [-0.39, 0.29) is 5.60 Å². The summed E-state index contributed by atoms with van der Waals surface area (Å²) in [4.78, 5) is 0. The topological polar surface area (TPSA) is 32.3 Å². The minimum Gasteiger partial charge on any atom is -0.389 e. The molecule has 0 aromatic heterocycles. The lowest BCUT2D eigenvalue weighted by Crippen LogP contribution is -2.40. The Kier molecular flexibility index (Phi) is 4.35. The smallest absolute Gasteiger partial charge is 0.0771 e. The minimum absolute atomic E-state index is 0.376. The molecule has 2 aliphatic rings. The molecule has 2 nitrogen and oxygen atoms in total. The SMILES string of the molecule is OC1(CNCC2CCCCS2)CCCC1. The molecule has 88 valence electrons. The van der Waals surface area contributed by atoms with Crippen molar-refractivity contribution in [3.8, 4) is 0 Å². The molecule has 1 aliphatic carbocycles. The van der Waals surface area contributed by atoms with E-state index in [9.17, 15) is 5.11 Å². The molecular weight excluding hydrogens is 206 g/mol. The van der Waals surface area contributed by atoms with Gasteiger partial charge in [0.1, 0.15) is 0 Å². The van der Waals surface area contributed by atoms with Crippen molar-refractivity contribution in [3.63, 3.8) is 0 Å². The summed E-state index contributed by atoms with van der Waals surface area (Å²) < 4.78 is 0. The monoisotopic (exact) mass is 229 g/mol. The molecule has 1 saturated carbocycles. The Morgan fingerprint density at radius 3 is 2.67 bits per heavy atom. The Bertz CT molecular complexity index is 186. The number of hydrogen-bond donors (Lipinski definition) is 2. The first kappa shape index (κ1) is 11.7. The molecule has 1 heterocycles. The number of hydrogen-bond acceptors (Lipinski definition) is 3. The van der Waals surface area contributed by atoms with E-state index in [0.717, 1.165) is 31.2 Å². The third kappa shape index (κ3) is 3.65. The highest BCUT2D eigenvalue weighted by Crippen LogP contribution is 2.29. The van der Waals surface area contributed by atoms with E-state index in [2.05, 4.69) is 17.1 Å². The third-order valence-corrected chi connectivity index (χ3v) is 5.03. The predicted octanol–water partition coefficient (Wildman–Crippen LogP) is 2.17. The van der Waals surface area contributed by atoms with Gasteiger partial charge in [-0.05, 0) is 31.4 Å². The molecule has 1 unspecified atom stereocenters. The fourth-order valence-electron chi connectivity index (χ4n) is 2.64. The molecule has 0 radical (unpaired) electrons. The van der Waals surface area contributed by atoms with Crippen LogP contribution in [0.1, 0.15) is 44.9 Å². The highest BCUT2D eigenvalue weighted by atomic mass is 32.2. The van der Waals surface area contributed by atoms with Gasteiger partial charge < -0.3 is 10.4 Å². The second-order valence-electron chi connectivity index (χ2n) is 5.05. The molecule has 2 fully saturated rings. The van der Waals surface area contributed by atoms with Crippen molar-refractivity contribution in [1.29, 1.82) is 0 Å². The molecule has 0 bridgehead atoms. The number of rotatable bonds is 4. The van der Waals surface area contributed by atoms with Gasteiger partial charge in [-0.3, -0.25) is 0 Å². The van der Waals surface area contributed by atoms with E-state index < -0.39 is 0 Å². The summed E-state index contributed by atoms with van der Waals surface area (Å²) in [5, 5.41) is 14.4. The Morgan fingerprint density at radius 1 is 1.20 bits per heavy atom. The van der Waals surface area contributed by atoms with E-state index in [4.69, 9.17) is 0 Å². The molecule has 0 amide bonds. The summed E-state index contributed by atoms with van der Waals surface area (Å²) in [6, 6.07) is 0. The third-order valence-electron chi connectivity index (χ3n) is 3.63. The lowest BCUT2D eigenvalue weighted by Gasteiger charge is -2.26. The first-order chi connectivity index (χ1) is 7.29. The highest BCUT2D eigenvalue weighted by molar-refractivity contribution is 7.99. The van der Waals surface area contributed by atoms with Crippen molar-refractivity contribution < 1.29 is 5.11 Å². The Morgan fingerprint density at radius 2 is 2.00 bits per heavy atom. The van der Waals surface area contributed by atoms with Crippen molar-refractivity contribution in [1.82, 2.24) is 5.32 Å². The largest absolute Gasteiger partial charge is 0.389 e. The number of aliphatic hydroxyl groups is 1. The van der Waals surface area contributed by atoms with E-state index in [1.165, 1.54) is 37.9 Å². The maximum absolute atomic E-state index is 10.2. The van der Waals surface area contributed by atoms with E-state index in [0.29, 0.717) is 0 Å². The fourth-order valence-corrected chi connectivity index (χ4v) is 3.92. The van der Waals surface area contributed by atoms with E-state index in [1.807, 2.05) is 0 Å². The second-order valence-corrected chi connectivity index (χ2v) is 6.46. The molecular formula is C12H23NOS. The zero-order valence-corrected chi connectivity index (χ0v) is 10.3. The fraction of sp³-hybridized carbons (Fsp3) is 1.00. The van der Waals surface area contributed by atoms with Crippen LogP contribution in [0.5, 0.6) is 0 Å². The summed E-state index contributed by atoms with van der Waals surface area (Å²) in [6.07, 6.45) is 8.55. The van der Waals surface area contributed by atoms with Crippen LogP contribution in [0.25, 0.3) is 0 Å². The van der Waals surface area contributed by atoms with Gasteiger partial charge in [0.05, 0.1) is 5.60 Å². The van der Waals surface area contributed by atoms with Crippen LogP contribution < -0.4 is 5.32 Å². The maximum atomic E-state index is 10.2. The number of thioether (sulfide) groups is 1. The van der Waals surface area contributed by atoms with Gasteiger partial charge in [-0.1, -0.05) is 19.3 Å². The van der Waals surface area contributed by atoms with Crippen LogP contribution in [-0.2, 0) is 0 Å². The van der Waals surface area contributed by atoms with Crippen LogP contribution in [0.2, 0.25) is 0 Å². The molecule has 2 rings (SSSR count). The molecule has 0 aromatic rings. The van der Waals surface area contributed by atoms with Crippen molar-refractivity contribution in [2.24, 2.45) is 0 Å². The first-order valence-electron chi connectivity index (χ1n) is 6.33. The Balaban J connectivity index is 1.61. The average Bonchev–Trinajstić information content (AvgIpc) is 2.67. The van der Waals surface area contributed by atoms with Crippen LogP contribution in [0.15, 0.2) is 0 Å². The van der Waals surface area contributed by atoms with Crippen LogP contribution in [0.4, 0.5) is 0 Å². The van der Waals surface area contributed by atoms with Gasteiger partial charge in [0.15, 0.2) is 0 Å². The van der Waals surface area contributed by atoms with E-state index in [1.54, 1.807) is 0 Å². The Hall–Kier alpha value is 0.270. The van der Waals surface area contributed by atoms with Crippen molar-refractivity contribution >= 4 is 11.8 Å². The molecule has 1 aliphatic heterocycles. The zero-order valence-electron chi connectivity index (χ0n) is 9.50. The molecule has 15 heavy (non-hydrogen) atoms. The highest BCUT2D eigenvalue weighted by Gasteiger charge is 2.30. The van der Waals surface area contributed by atoms with Crippen LogP contribution in [0, 0.1) is 0 Å². The van der Waals surface area contributed by atoms with Crippen molar-refractivity contribution in [3.05, 3.63) is 0 Å². The Labute approximate surface area is 97.2 Å². The van der Waals surface area contributed by atoms with Gasteiger partial charge in [0.25, 0.3) is 0 Å². The van der Waals surface area contributed by atoms with Gasteiger partial charge in [0.2, 0.25) is 0 Å². The van der Waals surface area contributed by atoms with Gasteiger partial charge in [0, 0.05) is 18.3 Å². The summed E-state index contributed by atoms with van der Waals surface area (Å²) in [7, 11) is 0. The zero-order chi connectivity index (χ0) is 10.6. The van der Waals surface area contributed by atoms with Crippen LogP contribution in [0.3, 0.4) is 0 Å². The predicted molar refractivity (Wildman–Crippen MR) is 66.4 cm³/mol. The van der Waals surface area contributed by atoms with Crippen LogP contribution >= 0.6 is 11.8 Å². The standard InChI is InChI=1S/C12H23NOS/c14-12(6-2-3-7-12)10-13-9-11-5-1-4-8-15-11/h11,13-14H,1-10H2. The second kappa shape index (κ2) is 5.55. The van der Waals surface area contributed by atoms with Crippen LogP contribution in [-0.4, -0.2) is 34.8 Å². The minimum atomic E-state index is -0.376. The summed E-state index contributed by atoms with van der Waals surface area (Å²) >= 11 is 2.10. The van der Waals surface area contributed by atoms with Gasteiger partial charge >= 0.3 is 0 Å². The van der Waals surface area contributed by atoms with Crippen molar-refractivity contribution in [2.45, 2.75) is 55.8 Å². The summed E-state index contributed by atoms with van der Waals surface area (Å²) in [5.41, 5.74) is -0.376. The average molecular weight is 229 g/mol. The van der Waals surface area contributed by atoms with Gasteiger partial charge in [-0.25, -0.2) is 0 Å². The maximum Gasteiger partial charge on any atom is 0.0771 e. The molecule has 2 N–H and O–H groups in total. The lowest BCUT2D eigenvalue weighted by molar-refractivity contribution is 0.0480. The molecule has 1 saturated heterocycles.